The fourth-order valence-corrected chi connectivity index (χ4v) is 2.79. The third-order valence-electron chi connectivity index (χ3n) is 4.22. The minimum absolute atomic E-state index is 0.463. The summed E-state index contributed by atoms with van der Waals surface area (Å²) in [7, 11) is 0. The van der Waals surface area contributed by atoms with Crippen molar-refractivity contribution in [3.05, 3.63) is 78.4 Å². The minimum atomic E-state index is 0.463. The third kappa shape index (κ3) is 5.47. The molecule has 0 aliphatic carbocycles. The first-order valence-corrected chi connectivity index (χ1v) is 8.82. The average Bonchev–Trinajstić information content (AvgIpc) is 3.16. The lowest BCUT2D eigenvalue weighted by atomic mass is 10.0. The maximum absolute atomic E-state index is 6.04. The van der Waals surface area contributed by atoms with E-state index in [1.807, 2.05) is 48.7 Å². The predicted molar refractivity (Wildman–Crippen MR) is 101 cm³/mol. The number of hydrogen-bond donors (Lipinski definition) is 2. The van der Waals surface area contributed by atoms with E-state index in [2.05, 4.69) is 34.3 Å². The molecule has 0 saturated heterocycles. The molecule has 0 saturated carbocycles. The van der Waals surface area contributed by atoms with E-state index >= 15 is 0 Å². The molecule has 0 bridgehead atoms. The second kappa shape index (κ2) is 9.04. The highest BCUT2D eigenvalue weighted by molar-refractivity contribution is 5.37. The molecular formula is C21H25N3O. The van der Waals surface area contributed by atoms with E-state index in [1.165, 1.54) is 5.56 Å². The summed E-state index contributed by atoms with van der Waals surface area (Å²) in [5.74, 6) is 1.83. The van der Waals surface area contributed by atoms with Gasteiger partial charge in [-0.25, -0.2) is 4.98 Å². The summed E-state index contributed by atoms with van der Waals surface area (Å²) in [6.07, 6.45) is 6.82. The van der Waals surface area contributed by atoms with E-state index in [1.54, 1.807) is 6.33 Å². The third-order valence-corrected chi connectivity index (χ3v) is 4.22. The fraction of sp³-hybridized carbons (Fsp3) is 0.286. The zero-order valence-corrected chi connectivity index (χ0v) is 14.6. The van der Waals surface area contributed by atoms with Gasteiger partial charge in [0.15, 0.2) is 0 Å². The molecule has 0 aliphatic rings. The highest BCUT2D eigenvalue weighted by Gasteiger charge is 2.07. The van der Waals surface area contributed by atoms with Gasteiger partial charge in [-0.15, -0.1) is 0 Å². The largest absolute Gasteiger partial charge is 0.457 e. The van der Waals surface area contributed by atoms with Gasteiger partial charge >= 0.3 is 0 Å². The van der Waals surface area contributed by atoms with Gasteiger partial charge in [0, 0.05) is 24.5 Å². The molecule has 0 fully saturated rings. The molecule has 25 heavy (non-hydrogen) atoms. The van der Waals surface area contributed by atoms with Gasteiger partial charge in [0.2, 0.25) is 0 Å². The Morgan fingerprint density at radius 1 is 1.08 bits per heavy atom. The Balaban J connectivity index is 1.48. The molecule has 3 rings (SSSR count). The Morgan fingerprint density at radius 3 is 2.68 bits per heavy atom. The normalized spacial score (nSPS) is 12.0. The number of rotatable bonds is 9. The molecule has 0 spiro atoms. The molecule has 0 aliphatic heterocycles. The van der Waals surface area contributed by atoms with Crippen LogP contribution in [0.3, 0.4) is 0 Å². The van der Waals surface area contributed by atoms with Crippen LogP contribution in [0, 0.1) is 0 Å². The van der Waals surface area contributed by atoms with Crippen LogP contribution in [0.1, 0.15) is 31.0 Å². The number of H-pyrrole nitrogens is 1. The molecule has 4 heteroatoms. The summed E-state index contributed by atoms with van der Waals surface area (Å²) in [6.45, 7) is 3.05. The number of imidazole rings is 1. The van der Waals surface area contributed by atoms with Crippen LogP contribution in [0.15, 0.2) is 67.1 Å². The Kier molecular flexibility index (Phi) is 6.23. The van der Waals surface area contributed by atoms with Crippen molar-refractivity contribution in [2.45, 2.75) is 38.8 Å². The van der Waals surface area contributed by atoms with Crippen molar-refractivity contribution < 1.29 is 4.74 Å². The lowest BCUT2D eigenvalue weighted by Gasteiger charge is -2.14. The predicted octanol–water partition coefficient (Wildman–Crippen LogP) is 4.70. The van der Waals surface area contributed by atoms with Crippen molar-refractivity contribution in [3.63, 3.8) is 0 Å². The average molecular weight is 335 g/mol. The standard InChI is InChI=1S/C21H25N3O/c1-17(23-15-19-14-22-16-24-19)8-7-10-18-9-5-6-13-21(18)25-20-11-3-2-4-12-20/h2-6,9,11-14,16-17,23H,7-8,10,15H2,1H3,(H,22,24). The van der Waals surface area contributed by atoms with Crippen LogP contribution in [0.5, 0.6) is 11.5 Å². The van der Waals surface area contributed by atoms with E-state index in [0.717, 1.165) is 43.0 Å². The molecule has 4 nitrogen and oxygen atoms in total. The quantitative estimate of drug-likeness (QED) is 0.596. The van der Waals surface area contributed by atoms with Gasteiger partial charge in [-0.2, -0.15) is 0 Å². The van der Waals surface area contributed by atoms with Crippen LogP contribution in [0.2, 0.25) is 0 Å². The van der Waals surface area contributed by atoms with E-state index in [0.29, 0.717) is 6.04 Å². The van der Waals surface area contributed by atoms with Crippen LogP contribution in [-0.4, -0.2) is 16.0 Å². The number of aromatic amines is 1. The van der Waals surface area contributed by atoms with Crippen molar-refractivity contribution in [3.8, 4) is 11.5 Å². The first-order chi connectivity index (χ1) is 12.3. The maximum Gasteiger partial charge on any atom is 0.130 e. The van der Waals surface area contributed by atoms with Crippen LogP contribution in [-0.2, 0) is 13.0 Å². The number of para-hydroxylation sites is 2. The number of benzene rings is 2. The van der Waals surface area contributed by atoms with Crippen molar-refractivity contribution in [2.75, 3.05) is 0 Å². The lowest BCUT2D eigenvalue weighted by molar-refractivity contribution is 0.467. The molecular weight excluding hydrogens is 310 g/mol. The van der Waals surface area contributed by atoms with Gasteiger partial charge in [0.1, 0.15) is 11.5 Å². The van der Waals surface area contributed by atoms with Gasteiger partial charge in [-0.1, -0.05) is 36.4 Å². The molecule has 130 valence electrons. The Bertz CT molecular complexity index is 741. The Labute approximate surface area is 149 Å². The van der Waals surface area contributed by atoms with Crippen LogP contribution >= 0.6 is 0 Å². The molecule has 1 unspecified atom stereocenters. The van der Waals surface area contributed by atoms with Crippen molar-refractivity contribution in [2.24, 2.45) is 0 Å². The topological polar surface area (TPSA) is 49.9 Å². The van der Waals surface area contributed by atoms with E-state index in [9.17, 15) is 0 Å². The molecule has 0 radical (unpaired) electrons. The molecule has 1 heterocycles. The zero-order chi connectivity index (χ0) is 17.3. The van der Waals surface area contributed by atoms with E-state index in [4.69, 9.17) is 4.74 Å². The zero-order valence-electron chi connectivity index (χ0n) is 14.6. The summed E-state index contributed by atoms with van der Waals surface area (Å²) in [5, 5.41) is 3.52. The van der Waals surface area contributed by atoms with Crippen LogP contribution in [0.4, 0.5) is 0 Å². The molecule has 0 amide bonds. The Morgan fingerprint density at radius 2 is 1.88 bits per heavy atom. The molecule has 1 atom stereocenters. The number of aryl methyl sites for hydroxylation is 1. The number of ether oxygens (including phenoxy) is 1. The summed E-state index contributed by atoms with van der Waals surface area (Å²) in [4.78, 5) is 7.15. The van der Waals surface area contributed by atoms with Gasteiger partial charge < -0.3 is 15.0 Å². The van der Waals surface area contributed by atoms with E-state index < -0.39 is 0 Å². The summed E-state index contributed by atoms with van der Waals surface area (Å²) < 4.78 is 6.04. The van der Waals surface area contributed by atoms with Gasteiger partial charge in [0.25, 0.3) is 0 Å². The first kappa shape index (κ1) is 17.2. The van der Waals surface area contributed by atoms with Crippen molar-refractivity contribution >= 4 is 0 Å². The monoisotopic (exact) mass is 335 g/mol. The van der Waals surface area contributed by atoms with Gasteiger partial charge in [-0.3, -0.25) is 0 Å². The van der Waals surface area contributed by atoms with Crippen molar-refractivity contribution in [1.29, 1.82) is 0 Å². The summed E-state index contributed by atoms with van der Waals surface area (Å²) in [5.41, 5.74) is 2.38. The number of nitrogens with one attached hydrogen (secondary N) is 2. The van der Waals surface area contributed by atoms with Gasteiger partial charge in [0.05, 0.1) is 6.33 Å². The number of nitrogens with zero attached hydrogens (tertiary/aromatic N) is 1. The molecule has 3 aromatic rings. The smallest absolute Gasteiger partial charge is 0.130 e. The maximum atomic E-state index is 6.04. The molecule has 2 aromatic carbocycles. The second-order valence-electron chi connectivity index (χ2n) is 6.27. The second-order valence-corrected chi connectivity index (χ2v) is 6.27. The highest BCUT2D eigenvalue weighted by Crippen LogP contribution is 2.26. The summed E-state index contributed by atoms with van der Waals surface area (Å²) in [6, 6.07) is 18.7. The van der Waals surface area contributed by atoms with Crippen LogP contribution < -0.4 is 10.1 Å². The highest BCUT2D eigenvalue weighted by atomic mass is 16.5. The van der Waals surface area contributed by atoms with Crippen LogP contribution in [0.25, 0.3) is 0 Å². The number of hydrogen-bond acceptors (Lipinski definition) is 3. The fourth-order valence-electron chi connectivity index (χ4n) is 2.79. The Hall–Kier alpha value is -2.59. The summed E-state index contributed by atoms with van der Waals surface area (Å²) >= 11 is 0. The molecule has 2 N–H and O–H groups in total. The lowest BCUT2D eigenvalue weighted by Crippen LogP contribution is -2.25. The number of aromatic nitrogens is 2. The van der Waals surface area contributed by atoms with E-state index in [-0.39, 0.29) is 0 Å². The van der Waals surface area contributed by atoms with Gasteiger partial charge in [-0.05, 0) is 49.9 Å². The first-order valence-electron chi connectivity index (χ1n) is 8.82. The van der Waals surface area contributed by atoms with Crippen molar-refractivity contribution in [1.82, 2.24) is 15.3 Å². The SMILES string of the molecule is CC(CCCc1ccccc1Oc1ccccc1)NCc1cnc[nH]1. The minimum Gasteiger partial charge on any atom is -0.457 e. The molecule has 1 aromatic heterocycles.